The molecule has 0 aliphatic rings. The van der Waals surface area contributed by atoms with Gasteiger partial charge in [0.15, 0.2) is 6.29 Å². The Labute approximate surface area is 161 Å². The molecule has 1 radical (unpaired) electrons. The van der Waals surface area contributed by atoms with Gasteiger partial charge in [0, 0.05) is 12.8 Å². The molecule has 0 saturated heterocycles. The third-order valence-corrected chi connectivity index (χ3v) is 4.10. The summed E-state index contributed by atoms with van der Waals surface area (Å²) in [7, 11) is 0. The lowest BCUT2D eigenvalue weighted by Crippen LogP contribution is -1.99. The van der Waals surface area contributed by atoms with E-state index in [0.717, 1.165) is 38.5 Å². The van der Waals surface area contributed by atoms with Gasteiger partial charge in [0.1, 0.15) is 0 Å². The molecule has 0 aromatic heterocycles. The fourth-order valence-corrected chi connectivity index (χ4v) is 2.52. The molecule has 0 amide bonds. The second kappa shape index (κ2) is 17.1. The van der Waals surface area contributed by atoms with Crippen molar-refractivity contribution in [2.24, 2.45) is 0 Å². The highest BCUT2D eigenvalue weighted by atomic mass is 16.6. The van der Waals surface area contributed by atoms with Gasteiger partial charge in [-0.3, -0.25) is 25.0 Å². The van der Waals surface area contributed by atoms with E-state index in [1.807, 2.05) is 6.29 Å². The van der Waals surface area contributed by atoms with Gasteiger partial charge in [-0.05, 0) is 44.3 Å². The summed E-state index contributed by atoms with van der Waals surface area (Å²) in [6.45, 7) is 2.08. The predicted octanol–water partition coefficient (Wildman–Crippen LogP) is 5.67. The quantitative estimate of drug-likeness (QED) is 0.140. The van der Waals surface area contributed by atoms with Crippen molar-refractivity contribution in [2.75, 3.05) is 0 Å². The highest BCUT2D eigenvalue weighted by Gasteiger charge is 2.09. The maximum Gasteiger partial charge on any atom is 0.246 e. The number of nitrogens with zero attached hydrogens (tertiary/aromatic N) is 2. The summed E-state index contributed by atoms with van der Waals surface area (Å²) in [6.07, 6.45) is 16.9. The normalized spacial score (nSPS) is 12.5. The fourth-order valence-electron chi connectivity index (χ4n) is 2.52. The van der Waals surface area contributed by atoms with E-state index in [0.29, 0.717) is 32.1 Å². The van der Waals surface area contributed by atoms with E-state index >= 15 is 0 Å². The van der Waals surface area contributed by atoms with Crippen molar-refractivity contribution in [3.05, 3.63) is 55.9 Å². The minimum atomic E-state index is -0.372. The Morgan fingerprint density at radius 1 is 0.889 bits per heavy atom. The van der Waals surface area contributed by atoms with Crippen LogP contribution >= 0.6 is 0 Å². The Morgan fingerprint density at radius 2 is 1.59 bits per heavy atom. The van der Waals surface area contributed by atoms with Gasteiger partial charge in [-0.2, -0.15) is 0 Å². The molecule has 0 aromatic rings. The average molecular weight is 379 g/mol. The van der Waals surface area contributed by atoms with Crippen molar-refractivity contribution in [3.8, 4) is 0 Å². The van der Waals surface area contributed by atoms with Crippen LogP contribution in [0.4, 0.5) is 0 Å². The first-order valence-electron chi connectivity index (χ1n) is 9.69. The molecule has 0 aliphatic carbocycles. The minimum absolute atomic E-state index is 0.172. The number of hydrogen-bond acceptors (Lipinski definition) is 5. The van der Waals surface area contributed by atoms with Gasteiger partial charge in [0.25, 0.3) is 0 Å². The van der Waals surface area contributed by atoms with E-state index in [1.165, 1.54) is 0 Å². The number of unbranched alkanes of at least 4 members (excludes halogenated alkanes) is 7. The molecule has 0 spiro atoms. The van der Waals surface area contributed by atoms with Crippen molar-refractivity contribution in [1.82, 2.24) is 0 Å². The van der Waals surface area contributed by atoms with Crippen LogP contribution in [0.1, 0.15) is 84.0 Å². The monoisotopic (exact) mass is 379 g/mol. The van der Waals surface area contributed by atoms with Crippen molar-refractivity contribution in [1.29, 1.82) is 0 Å². The smallest absolute Gasteiger partial charge is 0.246 e. The van der Waals surface area contributed by atoms with E-state index < -0.39 is 0 Å². The second-order valence-corrected chi connectivity index (χ2v) is 6.37. The van der Waals surface area contributed by atoms with E-state index in [2.05, 4.69) is 6.92 Å². The topological polar surface area (TPSA) is 103 Å². The van der Waals surface area contributed by atoms with E-state index in [1.54, 1.807) is 24.3 Å². The first-order chi connectivity index (χ1) is 13.0. The van der Waals surface area contributed by atoms with Crippen LogP contribution in [0.5, 0.6) is 0 Å². The molecular formula is C20H31N2O5. The molecule has 0 unspecified atom stereocenters. The molecule has 0 atom stereocenters. The molecule has 0 N–H and O–H groups in total. The zero-order valence-corrected chi connectivity index (χ0v) is 16.2. The molecule has 0 aromatic carbocycles. The first-order valence-corrected chi connectivity index (χ1v) is 9.69. The third kappa shape index (κ3) is 14.5. The molecule has 0 fully saturated rings. The molecule has 0 bridgehead atoms. The van der Waals surface area contributed by atoms with Gasteiger partial charge in [-0.25, -0.2) is 0 Å². The largest absolute Gasteiger partial charge is 0.291 e. The van der Waals surface area contributed by atoms with Crippen LogP contribution in [-0.2, 0) is 4.79 Å². The lowest BCUT2D eigenvalue weighted by molar-refractivity contribution is -0.428. The first kappa shape index (κ1) is 24.7. The summed E-state index contributed by atoms with van der Waals surface area (Å²) >= 11 is 0. The summed E-state index contributed by atoms with van der Waals surface area (Å²) in [5.41, 5.74) is 0.347. The summed E-state index contributed by atoms with van der Waals surface area (Å²) < 4.78 is 0. The van der Waals surface area contributed by atoms with Gasteiger partial charge >= 0.3 is 0 Å². The van der Waals surface area contributed by atoms with Crippen LogP contribution in [0.15, 0.2) is 35.7 Å². The summed E-state index contributed by atoms with van der Waals surface area (Å²) in [6, 6.07) is 0. The molecule has 0 rings (SSSR count). The number of carbonyl (C=O) groups excluding carboxylic acids is 1. The number of allylic oxidation sites excluding steroid dienone is 5. The lowest BCUT2D eigenvalue weighted by Gasteiger charge is -1.99. The van der Waals surface area contributed by atoms with E-state index in [4.69, 9.17) is 0 Å². The molecule has 151 valence electrons. The predicted molar refractivity (Wildman–Crippen MR) is 106 cm³/mol. The molecule has 7 heteroatoms. The van der Waals surface area contributed by atoms with Crippen LogP contribution in [0.25, 0.3) is 0 Å². The summed E-state index contributed by atoms with van der Waals surface area (Å²) in [5, 5.41) is 22.1. The standard InChI is InChI=1S/C20H31N2O5/c1-2-3-4-9-14-19(21(24)25)16-11-8-12-17-20(22(26)27)15-10-6-5-7-13-18-23/h8,11,14,17H,2-7,9-10,12-13,15-16H2,1H3/b11-8-,19-14+,20-17+. The SMILES string of the molecule is CCCCC/C=C(\C/C=C\C/C=C(\CCCCCC[C]=O)[N+](=O)[O-])[N+](=O)[O-]. The Balaban J connectivity index is 4.34. The average Bonchev–Trinajstić information content (AvgIpc) is 2.63. The maximum absolute atomic E-state index is 11.1. The fraction of sp³-hybridized carbons (Fsp3) is 0.650. The molecule has 0 heterocycles. The Morgan fingerprint density at radius 3 is 2.22 bits per heavy atom. The van der Waals surface area contributed by atoms with Crippen molar-refractivity contribution in [2.45, 2.75) is 84.0 Å². The summed E-state index contributed by atoms with van der Waals surface area (Å²) in [4.78, 5) is 31.4. The molecule has 27 heavy (non-hydrogen) atoms. The second-order valence-electron chi connectivity index (χ2n) is 6.37. The lowest BCUT2D eigenvalue weighted by atomic mass is 10.1. The summed E-state index contributed by atoms with van der Waals surface area (Å²) in [5.74, 6) is 0. The van der Waals surface area contributed by atoms with Crippen LogP contribution in [0.2, 0.25) is 0 Å². The van der Waals surface area contributed by atoms with Crippen LogP contribution < -0.4 is 0 Å². The Kier molecular flexibility index (Phi) is 15.7. The number of hydrogen-bond donors (Lipinski definition) is 0. The van der Waals surface area contributed by atoms with E-state index in [9.17, 15) is 25.0 Å². The highest BCUT2D eigenvalue weighted by molar-refractivity contribution is 5.50. The van der Waals surface area contributed by atoms with Crippen LogP contribution in [-0.4, -0.2) is 16.1 Å². The van der Waals surface area contributed by atoms with Crippen LogP contribution in [0.3, 0.4) is 0 Å². The van der Waals surface area contributed by atoms with Crippen molar-refractivity contribution >= 4 is 6.29 Å². The van der Waals surface area contributed by atoms with Crippen LogP contribution in [0, 0.1) is 20.2 Å². The van der Waals surface area contributed by atoms with Gasteiger partial charge in [-0.1, -0.05) is 44.8 Å². The number of nitro groups is 2. The van der Waals surface area contributed by atoms with Crippen molar-refractivity contribution < 1.29 is 14.6 Å². The van der Waals surface area contributed by atoms with Gasteiger partial charge in [-0.15, -0.1) is 0 Å². The van der Waals surface area contributed by atoms with Gasteiger partial charge in [0.2, 0.25) is 11.4 Å². The minimum Gasteiger partial charge on any atom is -0.291 e. The van der Waals surface area contributed by atoms with Gasteiger partial charge < -0.3 is 0 Å². The molecular weight excluding hydrogens is 348 g/mol. The highest BCUT2D eigenvalue weighted by Crippen LogP contribution is 2.13. The Hall–Kier alpha value is -2.31. The molecule has 0 saturated carbocycles. The zero-order valence-electron chi connectivity index (χ0n) is 16.2. The maximum atomic E-state index is 11.1. The van der Waals surface area contributed by atoms with Gasteiger partial charge in [0.05, 0.1) is 16.3 Å². The molecule has 7 nitrogen and oxygen atoms in total. The Bertz CT molecular complexity index is 538. The third-order valence-electron chi connectivity index (χ3n) is 4.10. The van der Waals surface area contributed by atoms with Crippen molar-refractivity contribution in [3.63, 3.8) is 0 Å². The number of rotatable bonds is 17. The molecule has 0 aliphatic heterocycles. The van der Waals surface area contributed by atoms with E-state index in [-0.39, 0.29) is 27.7 Å². The zero-order chi connectivity index (χ0) is 20.3.